The normalized spacial score (nSPS) is 11.6. The van der Waals surface area contributed by atoms with Gasteiger partial charge in [-0.05, 0) is 98.8 Å². The minimum atomic E-state index is 0.869. The zero-order valence-corrected chi connectivity index (χ0v) is 30.6. The van der Waals surface area contributed by atoms with E-state index < -0.39 is 0 Å². The lowest BCUT2D eigenvalue weighted by Crippen LogP contribution is -2.10. The fourth-order valence-corrected chi connectivity index (χ4v) is 9.44. The lowest BCUT2D eigenvalue weighted by atomic mass is 9.88. The highest BCUT2D eigenvalue weighted by Gasteiger charge is 2.21. The van der Waals surface area contributed by atoms with Crippen LogP contribution in [0.2, 0.25) is 0 Å². The van der Waals surface area contributed by atoms with Gasteiger partial charge in [-0.2, -0.15) is 0 Å². The van der Waals surface area contributed by atoms with Crippen LogP contribution >= 0.6 is 11.3 Å². The summed E-state index contributed by atoms with van der Waals surface area (Å²) in [7, 11) is 0. The monoisotopic (exact) mass is 719 g/mol. The Hall–Kier alpha value is -6.94. The van der Waals surface area contributed by atoms with E-state index in [2.05, 4.69) is 193 Å². The van der Waals surface area contributed by atoms with Crippen molar-refractivity contribution in [2.45, 2.75) is 0 Å². The number of para-hydroxylation sites is 1. The molecule has 2 heterocycles. The number of hydrogen-bond donors (Lipinski definition) is 0. The molecule has 0 saturated carbocycles. The highest BCUT2D eigenvalue weighted by Crippen LogP contribution is 2.48. The van der Waals surface area contributed by atoms with Crippen LogP contribution in [0.5, 0.6) is 0 Å². The van der Waals surface area contributed by atoms with Crippen molar-refractivity contribution in [1.29, 1.82) is 0 Å². The topological polar surface area (TPSA) is 16.4 Å². The quantitative estimate of drug-likeness (QED) is 0.170. The number of rotatable bonds is 6. The van der Waals surface area contributed by atoms with Gasteiger partial charge in [-0.25, -0.2) is 0 Å². The molecule has 0 saturated heterocycles. The minimum absolute atomic E-state index is 0.869. The fourth-order valence-electron chi connectivity index (χ4n) is 8.33. The van der Waals surface area contributed by atoms with Crippen LogP contribution in [0.4, 0.5) is 17.1 Å². The van der Waals surface area contributed by atoms with Crippen molar-refractivity contribution >= 4 is 81.3 Å². The van der Waals surface area contributed by atoms with Gasteiger partial charge in [-0.15, -0.1) is 11.3 Å². The van der Waals surface area contributed by atoms with E-state index in [4.69, 9.17) is 4.42 Å². The smallest absolute Gasteiger partial charge is 0.137 e. The van der Waals surface area contributed by atoms with Gasteiger partial charge in [-0.3, -0.25) is 0 Å². The number of nitrogens with zero attached hydrogens (tertiary/aromatic N) is 1. The molecule has 9 aromatic carbocycles. The molecule has 55 heavy (non-hydrogen) atoms. The van der Waals surface area contributed by atoms with Gasteiger partial charge in [0, 0.05) is 54.1 Å². The molecule has 2 aromatic heterocycles. The molecule has 0 amide bonds. The molecule has 0 spiro atoms. The Balaban J connectivity index is 1.13. The SMILES string of the molecule is c1ccc(-c2ccc(N(c3cccc(-c4ccc5sc6ccccc6c5c4-c4cccc5ccccc45)c3)c3ccc4c(c3)oc3ccccc34)cc2)cc1. The summed E-state index contributed by atoms with van der Waals surface area (Å²) in [4.78, 5) is 2.35. The number of furan rings is 1. The third kappa shape index (κ3) is 5.32. The molecule has 0 aliphatic heterocycles. The Morgan fingerprint density at radius 1 is 0.364 bits per heavy atom. The van der Waals surface area contributed by atoms with Gasteiger partial charge in [0.1, 0.15) is 11.2 Å². The molecule has 0 unspecified atom stereocenters. The molecule has 0 bridgehead atoms. The predicted octanol–water partition coefficient (Wildman–Crippen LogP) is 15.6. The average molecular weight is 720 g/mol. The summed E-state index contributed by atoms with van der Waals surface area (Å²) in [5.41, 5.74) is 12.2. The number of fused-ring (bicyclic) bond motifs is 7. The fraction of sp³-hybridized carbons (Fsp3) is 0. The molecule has 11 rings (SSSR count). The van der Waals surface area contributed by atoms with Crippen molar-refractivity contribution in [2.24, 2.45) is 0 Å². The Morgan fingerprint density at radius 2 is 1.02 bits per heavy atom. The summed E-state index contributed by atoms with van der Waals surface area (Å²) >= 11 is 1.87. The molecular formula is C52H33NOS. The molecule has 0 N–H and O–H groups in total. The largest absolute Gasteiger partial charge is 0.456 e. The Morgan fingerprint density at radius 3 is 1.91 bits per heavy atom. The van der Waals surface area contributed by atoms with E-state index in [0.717, 1.165) is 44.6 Å². The third-order valence-electron chi connectivity index (χ3n) is 10.9. The second-order valence-corrected chi connectivity index (χ2v) is 15.1. The highest BCUT2D eigenvalue weighted by atomic mass is 32.1. The van der Waals surface area contributed by atoms with E-state index in [1.165, 1.54) is 58.8 Å². The zero-order valence-electron chi connectivity index (χ0n) is 29.8. The van der Waals surface area contributed by atoms with Crippen molar-refractivity contribution in [2.75, 3.05) is 4.90 Å². The highest BCUT2D eigenvalue weighted by molar-refractivity contribution is 7.26. The van der Waals surface area contributed by atoms with Crippen LogP contribution in [0, 0.1) is 0 Å². The predicted molar refractivity (Wildman–Crippen MR) is 235 cm³/mol. The molecule has 0 aliphatic rings. The standard InChI is InChI=1S/C52H33NOS/c1-2-12-34(13-3-1)35-24-26-38(27-25-35)53(40-28-29-44-43-19-6-8-22-47(43)54-48(44)33-40)39-17-10-16-37(32-39)42-30-31-50-52(46-20-7-9-23-49(46)55-50)51(42)45-21-11-15-36-14-4-5-18-41(36)45/h1-33H. The first-order chi connectivity index (χ1) is 27.3. The maximum atomic E-state index is 6.43. The van der Waals surface area contributed by atoms with Crippen molar-refractivity contribution in [1.82, 2.24) is 0 Å². The maximum absolute atomic E-state index is 6.43. The molecule has 0 radical (unpaired) electrons. The first kappa shape index (κ1) is 31.6. The van der Waals surface area contributed by atoms with Crippen LogP contribution in [-0.2, 0) is 0 Å². The Kier molecular flexibility index (Phi) is 7.39. The van der Waals surface area contributed by atoms with Crippen LogP contribution in [0.1, 0.15) is 0 Å². The lowest BCUT2D eigenvalue weighted by Gasteiger charge is -2.26. The van der Waals surface area contributed by atoms with E-state index in [1.807, 2.05) is 23.5 Å². The first-order valence-electron chi connectivity index (χ1n) is 18.7. The first-order valence-corrected chi connectivity index (χ1v) is 19.5. The summed E-state index contributed by atoms with van der Waals surface area (Å²) in [5.74, 6) is 0. The van der Waals surface area contributed by atoms with E-state index >= 15 is 0 Å². The van der Waals surface area contributed by atoms with E-state index in [-0.39, 0.29) is 0 Å². The molecule has 258 valence electrons. The summed E-state index contributed by atoms with van der Waals surface area (Å²) in [6.45, 7) is 0. The molecule has 0 atom stereocenters. The van der Waals surface area contributed by atoms with Crippen LogP contribution in [0.15, 0.2) is 205 Å². The van der Waals surface area contributed by atoms with Crippen molar-refractivity contribution in [3.8, 4) is 33.4 Å². The van der Waals surface area contributed by atoms with Gasteiger partial charge in [0.15, 0.2) is 0 Å². The van der Waals surface area contributed by atoms with Gasteiger partial charge >= 0.3 is 0 Å². The van der Waals surface area contributed by atoms with E-state index in [1.54, 1.807) is 0 Å². The average Bonchev–Trinajstić information content (AvgIpc) is 3.82. The van der Waals surface area contributed by atoms with Gasteiger partial charge < -0.3 is 9.32 Å². The second-order valence-electron chi connectivity index (χ2n) is 14.1. The van der Waals surface area contributed by atoms with Gasteiger partial charge in [0.2, 0.25) is 0 Å². The zero-order chi connectivity index (χ0) is 36.3. The Bertz CT molecular complexity index is 3200. The van der Waals surface area contributed by atoms with Crippen molar-refractivity contribution < 1.29 is 4.42 Å². The molecule has 3 heteroatoms. The molecule has 2 nitrogen and oxygen atoms in total. The number of benzene rings is 9. The summed E-state index contributed by atoms with van der Waals surface area (Å²) < 4.78 is 9.02. The summed E-state index contributed by atoms with van der Waals surface area (Å²) in [6, 6.07) is 72.2. The Labute approximate surface area is 322 Å². The van der Waals surface area contributed by atoms with E-state index in [9.17, 15) is 0 Å². The van der Waals surface area contributed by atoms with Crippen molar-refractivity contribution in [3.05, 3.63) is 200 Å². The van der Waals surface area contributed by atoms with Crippen LogP contribution in [0.25, 0.3) is 86.3 Å². The van der Waals surface area contributed by atoms with Gasteiger partial charge in [0.05, 0.1) is 0 Å². The maximum Gasteiger partial charge on any atom is 0.137 e. The lowest BCUT2D eigenvalue weighted by molar-refractivity contribution is 0.669. The summed E-state index contributed by atoms with van der Waals surface area (Å²) in [5, 5.41) is 7.34. The number of hydrogen-bond acceptors (Lipinski definition) is 3. The molecule has 11 aromatic rings. The number of anilines is 3. The van der Waals surface area contributed by atoms with Crippen LogP contribution in [0.3, 0.4) is 0 Å². The van der Waals surface area contributed by atoms with Crippen molar-refractivity contribution in [3.63, 3.8) is 0 Å². The van der Waals surface area contributed by atoms with E-state index in [0.29, 0.717) is 0 Å². The van der Waals surface area contributed by atoms with Crippen LogP contribution in [-0.4, -0.2) is 0 Å². The third-order valence-corrected chi connectivity index (χ3v) is 12.0. The molecule has 0 fully saturated rings. The van der Waals surface area contributed by atoms with Gasteiger partial charge in [-0.1, -0.05) is 140 Å². The van der Waals surface area contributed by atoms with Gasteiger partial charge in [0.25, 0.3) is 0 Å². The number of thiophene rings is 1. The summed E-state index contributed by atoms with van der Waals surface area (Å²) in [6.07, 6.45) is 0. The van der Waals surface area contributed by atoms with Crippen LogP contribution < -0.4 is 4.90 Å². The minimum Gasteiger partial charge on any atom is -0.456 e. The second kappa shape index (κ2) is 12.9. The molecular weight excluding hydrogens is 687 g/mol. The molecule has 0 aliphatic carbocycles.